The van der Waals surface area contributed by atoms with E-state index in [1.165, 1.54) is 0 Å². The van der Waals surface area contributed by atoms with E-state index in [2.05, 4.69) is 48.9 Å². The number of rotatable bonds is 7. The van der Waals surface area contributed by atoms with Crippen LogP contribution in [0.15, 0.2) is 29.3 Å². The quantitative estimate of drug-likeness (QED) is 0.553. The molecule has 11 heteroatoms. The van der Waals surface area contributed by atoms with Gasteiger partial charge in [0.2, 0.25) is 5.95 Å². The van der Waals surface area contributed by atoms with Crippen LogP contribution >= 0.6 is 0 Å². The molecule has 11 nitrogen and oxygen atoms in total. The van der Waals surface area contributed by atoms with E-state index in [0.717, 1.165) is 43.9 Å². The summed E-state index contributed by atoms with van der Waals surface area (Å²) in [5, 5.41) is 8.49. The van der Waals surface area contributed by atoms with Gasteiger partial charge >= 0.3 is 6.01 Å². The first-order valence-electron chi connectivity index (χ1n) is 12.0. The van der Waals surface area contributed by atoms with Crippen molar-refractivity contribution in [2.75, 3.05) is 42.6 Å². The summed E-state index contributed by atoms with van der Waals surface area (Å²) in [4.78, 5) is 17.8. The second-order valence-electron chi connectivity index (χ2n) is 9.68. The topological polar surface area (TPSA) is 124 Å². The summed E-state index contributed by atoms with van der Waals surface area (Å²) in [6.45, 7) is 10.0. The summed E-state index contributed by atoms with van der Waals surface area (Å²) in [6.07, 6.45) is 9.41. The highest BCUT2D eigenvalue weighted by molar-refractivity contribution is 5.35. The second kappa shape index (κ2) is 9.57. The van der Waals surface area contributed by atoms with Crippen LogP contribution in [0.3, 0.4) is 0 Å². The van der Waals surface area contributed by atoms with Gasteiger partial charge in [-0.25, -0.2) is 9.97 Å². The molecular weight excluding hydrogens is 434 g/mol. The Kier molecular flexibility index (Phi) is 6.36. The summed E-state index contributed by atoms with van der Waals surface area (Å²) < 4.78 is 13.4. The van der Waals surface area contributed by atoms with Crippen LogP contribution in [0.5, 0.6) is 5.75 Å². The van der Waals surface area contributed by atoms with Crippen LogP contribution in [0.2, 0.25) is 0 Å². The average Bonchev–Trinajstić information content (AvgIpc) is 3.58. The van der Waals surface area contributed by atoms with Gasteiger partial charge in [-0.05, 0) is 31.2 Å². The van der Waals surface area contributed by atoms with Crippen LogP contribution in [0.4, 0.5) is 12.0 Å². The Morgan fingerprint density at radius 3 is 2.53 bits per heavy atom. The van der Waals surface area contributed by atoms with Crippen LogP contribution in [-0.2, 0) is 0 Å². The number of anilines is 2. The van der Waals surface area contributed by atoms with Gasteiger partial charge in [0.25, 0.3) is 0 Å². The predicted molar refractivity (Wildman–Crippen MR) is 127 cm³/mol. The smallest absolute Gasteiger partial charge is 0.324 e. The maximum absolute atomic E-state index is 6.37. The van der Waals surface area contributed by atoms with Gasteiger partial charge in [-0.3, -0.25) is 4.68 Å². The fraction of sp³-hybridized carbons (Fsp3) is 0.609. The van der Waals surface area contributed by atoms with E-state index in [1.807, 2.05) is 24.0 Å². The molecular formula is C23H33N9O2. The van der Waals surface area contributed by atoms with Gasteiger partial charge < -0.3 is 24.8 Å². The largest absolute Gasteiger partial charge is 0.490 e. The number of aromatic nitrogens is 6. The normalized spacial score (nSPS) is 21.6. The third kappa shape index (κ3) is 4.84. The molecule has 182 valence electrons. The predicted octanol–water partition coefficient (Wildman–Crippen LogP) is 2.17. The molecule has 0 amide bonds. The molecule has 2 fully saturated rings. The van der Waals surface area contributed by atoms with Crippen molar-refractivity contribution in [3.05, 3.63) is 36.2 Å². The van der Waals surface area contributed by atoms with Crippen LogP contribution in [0.25, 0.3) is 0 Å². The third-order valence-electron chi connectivity index (χ3n) is 6.62. The molecule has 0 saturated carbocycles. The Balaban J connectivity index is 1.09. The number of hydrogen-bond acceptors (Lipinski definition) is 10. The number of aryl methyl sites for hydroxylation is 1. The fourth-order valence-electron chi connectivity index (χ4n) is 4.51. The molecule has 0 aliphatic carbocycles. The summed E-state index contributed by atoms with van der Waals surface area (Å²) in [5.74, 6) is 2.85. The first-order valence-corrected chi connectivity index (χ1v) is 12.0. The first-order chi connectivity index (χ1) is 16.5. The molecule has 2 unspecified atom stereocenters. The zero-order valence-electron chi connectivity index (χ0n) is 20.0. The van der Waals surface area contributed by atoms with Crippen molar-refractivity contribution >= 4 is 12.0 Å². The third-order valence-corrected chi connectivity index (χ3v) is 6.62. The van der Waals surface area contributed by atoms with E-state index < -0.39 is 0 Å². The van der Waals surface area contributed by atoms with E-state index in [0.29, 0.717) is 36.8 Å². The average molecular weight is 468 g/mol. The van der Waals surface area contributed by atoms with Crippen molar-refractivity contribution in [3.63, 3.8) is 0 Å². The van der Waals surface area contributed by atoms with E-state index in [9.17, 15) is 0 Å². The Bertz CT molecular complexity index is 1070. The summed E-state index contributed by atoms with van der Waals surface area (Å²) >= 11 is 0. The van der Waals surface area contributed by atoms with Crippen molar-refractivity contribution in [1.29, 1.82) is 0 Å². The molecule has 2 aliphatic rings. The number of nitrogens with zero attached hydrogens (tertiary/aromatic N) is 8. The molecule has 2 aliphatic heterocycles. The standard InChI is InChI=1S/C23H33N9O2/c1-15(2)21-28-23(34-29-21)30-6-4-17(5-7-30)14-33-18-9-25-22(26-10-18)31-12-19(24)20(13-31)32-11-16(3)8-27-32/h8-11,15,17,19-20H,4-7,12-14,24H2,1-3H3. The molecule has 0 aromatic carbocycles. The zero-order valence-corrected chi connectivity index (χ0v) is 20.0. The Labute approximate surface area is 199 Å². The first kappa shape index (κ1) is 22.6. The van der Waals surface area contributed by atoms with E-state index in [4.69, 9.17) is 15.0 Å². The molecule has 0 radical (unpaired) electrons. The molecule has 3 aromatic rings. The second-order valence-corrected chi connectivity index (χ2v) is 9.68. The molecule has 2 saturated heterocycles. The summed E-state index contributed by atoms with van der Waals surface area (Å²) in [5.41, 5.74) is 7.50. The number of ether oxygens (including phenoxy) is 1. The van der Waals surface area contributed by atoms with Crippen molar-refractivity contribution < 1.29 is 9.26 Å². The number of nitrogens with two attached hydrogens (primary N) is 1. The lowest BCUT2D eigenvalue weighted by Gasteiger charge is -2.30. The minimum atomic E-state index is -0.0196. The van der Waals surface area contributed by atoms with Gasteiger partial charge in [0, 0.05) is 44.3 Å². The lowest BCUT2D eigenvalue weighted by atomic mass is 9.98. The maximum atomic E-state index is 6.37. The Morgan fingerprint density at radius 1 is 1.12 bits per heavy atom. The van der Waals surface area contributed by atoms with Gasteiger partial charge in [-0.2, -0.15) is 10.1 Å². The highest BCUT2D eigenvalue weighted by Gasteiger charge is 2.33. The van der Waals surface area contributed by atoms with Crippen molar-refractivity contribution in [2.45, 2.75) is 51.6 Å². The number of piperidine rings is 1. The molecule has 3 aromatic heterocycles. The SMILES string of the molecule is Cc1cnn(C2CN(c3ncc(OCC4CCN(c5nc(C(C)C)no5)CC4)cn3)CC2N)c1. The molecule has 0 spiro atoms. The molecule has 5 heterocycles. The minimum Gasteiger partial charge on any atom is -0.490 e. The van der Waals surface area contributed by atoms with Gasteiger partial charge in [0.15, 0.2) is 11.6 Å². The molecule has 2 N–H and O–H groups in total. The molecule has 2 atom stereocenters. The van der Waals surface area contributed by atoms with Crippen LogP contribution < -0.4 is 20.3 Å². The van der Waals surface area contributed by atoms with Gasteiger partial charge in [-0.15, -0.1) is 0 Å². The van der Waals surface area contributed by atoms with Crippen LogP contribution in [0, 0.1) is 12.8 Å². The van der Waals surface area contributed by atoms with Gasteiger partial charge in [0.05, 0.1) is 31.2 Å². The summed E-state index contributed by atoms with van der Waals surface area (Å²) in [7, 11) is 0. The van der Waals surface area contributed by atoms with E-state index >= 15 is 0 Å². The monoisotopic (exact) mass is 467 g/mol. The van der Waals surface area contributed by atoms with Crippen molar-refractivity contribution in [3.8, 4) is 5.75 Å². The van der Waals surface area contributed by atoms with E-state index in [-0.39, 0.29) is 18.0 Å². The highest BCUT2D eigenvalue weighted by Crippen LogP contribution is 2.26. The summed E-state index contributed by atoms with van der Waals surface area (Å²) in [6, 6.07) is 0.718. The highest BCUT2D eigenvalue weighted by atomic mass is 16.5. The molecule has 5 rings (SSSR count). The molecule has 0 bridgehead atoms. The van der Waals surface area contributed by atoms with Gasteiger partial charge in [0.1, 0.15) is 0 Å². The van der Waals surface area contributed by atoms with Crippen LogP contribution in [-0.4, -0.2) is 68.7 Å². The van der Waals surface area contributed by atoms with Crippen molar-refractivity contribution in [2.24, 2.45) is 11.7 Å². The fourth-order valence-corrected chi connectivity index (χ4v) is 4.51. The lowest BCUT2D eigenvalue weighted by Crippen LogP contribution is -2.35. The van der Waals surface area contributed by atoms with Crippen molar-refractivity contribution in [1.82, 2.24) is 29.9 Å². The molecule has 34 heavy (non-hydrogen) atoms. The Morgan fingerprint density at radius 2 is 1.88 bits per heavy atom. The minimum absolute atomic E-state index is 0.0196. The maximum Gasteiger partial charge on any atom is 0.324 e. The lowest BCUT2D eigenvalue weighted by molar-refractivity contribution is 0.219. The number of hydrogen-bond donors (Lipinski definition) is 1. The van der Waals surface area contributed by atoms with Gasteiger partial charge in [-0.1, -0.05) is 19.0 Å². The van der Waals surface area contributed by atoms with E-state index in [1.54, 1.807) is 12.4 Å². The zero-order chi connectivity index (χ0) is 23.7. The Hall–Kier alpha value is -3.21. The van der Waals surface area contributed by atoms with Crippen LogP contribution in [0.1, 0.15) is 50.0 Å².